The maximum absolute atomic E-state index is 7.94. The van der Waals surface area contributed by atoms with Gasteiger partial charge in [-0.1, -0.05) is 71.6 Å². The molecule has 0 aliphatic carbocycles. The number of benzene rings is 2. The Labute approximate surface area is 195 Å². The molecule has 2 aromatic rings. The fraction of sp³-hybridized carbons (Fsp3) is 0.480. The molecule has 2 nitrogen and oxygen atoms in total. The first-order valence-electron chi connectivity index (χ1n) is 10.1. The molecule has 170 valence electrons. The van der Waals surface area contributed by atoms with Crippen molar-refractivity contribution < 1.29 is 39.1 Å². The Bertz CT molecular complexity index is 442. The van der Waals surface area contributed by atoms with Crippen molar-refractivity contribution in [3.05, 3.63) is 79.2 Å². The molecule has 2 rings (SSSR count). The summed E-state index contributed by atoms with van der Waals surface area (Å²) in [6.45, 7) is 8.18. The van der Waals surface area contributed by atoms with Crippen LogP contribution in [0.1, 0.15) is 76.7 Å². The Balaban J connectivity index is -0.000000338. The van der Waals surface area contributed by atoms with Crippen LogP contribution >= 0.6 is 0 Å². The summed E-state index contributed by atoms with van der Waals surface area (Å²) in [5.41, 5.74) is 1.29. The van der Waals surface area contributed by atoms with Gasteiger partial charge in [0.25, 0.3) is 0 Å². The smallest absolute Gasteiger partial charge is 0.288 e. The monoisotopic (exact) mass is 486 g/mol. The number of unbranched alkanes of at least 4 members (excludes halogenated alkanes) is 9. The van der Waals surface area contributed by atoms with Gasteiger partial charge in [0.15, 0.2) is 0 Å². The second-order valence-corrected chi connectivity index (χ2v) is 6.26. The van der Waals surface area contributed by atoms with Gasteiger partial charge in [-0.25, -0.2) is 0 Å². The molecule has 0 saturated heterocycles. The summed E-state index contributed by atoms with van der Waals surface area (Å²) in [4.78, 5) is 0. The number of hydrogen-bond acceptors (Lipinski definition) is 2. The minimum absolute atomic E-state index is 1.12. The van der Waals surface area contributed by atoms with Crippen LogP contribution in [0.15, 0.2) is 48.5 Å². The van der Waals surface area contributed by atoms with Crippen LogP contribution in [0.25, 0.3) is 0 Å². The average Bonchev–Trinajstić information content (AvgIpc) is 2.81. The van der Waals surface area contributed by atoms with Crippen LogP contribution in [0.3, 0.4) is 0 Å². The molecule has 2 aromatic carbocycles. The molecule has 0 radical (unpaired) electrons. The summed E-state index contributed by atoms with van der Waals surface area (Å²) in [5.74, 6) is 0. The molecule has 0 heterocycles. The SMILES string of the molecule is Cc1cc[c-]cc1.[CH2-]CCCCCCCCCCC.[O]=[Co].[O]=[Co].[c-]1cc[c-]cc1. The van der Waals surface area contributed by atoms with Gasteiger partial charge < -0.3 is 19.1 Å². The maximum atomic E-state index is 7.94. The topological polar surface area (TPSA) is 34.1 Å². The minimum atomic E-state index is 1.12. The molecule has 0 bridgehead atoms. The summed E-state index contributed by atoms with van der Waals surface area (Å²) in [6.07, 6.45) is 13.9. The quantitative estimate of drug-likeness (QED) is 0.270. The molecule has 0 fully saturated rings. The van der Waals surface area contributed by atoms with E-state index >= 15 is 0 Å². The van der Waals surface area contributed by atoms with Crippen LogP contribution in [-0.4, -0.2) is 0 Å². The summed E-state index contributed by atoms with van der Waals surface area (Å²) >= 11 is 4.62. The third-order valence-electron chi connectivity index (χ3n) is 3.79. The van der Waals surface area contributed by atoms with Gasteiger partial charge in [-0.2, -0.15) is 42.3 Å². The van der Waals surface area contributed by atoms with Crippen molar-refractivity contribution in [1.82, 2.24) is 0 Å². The van der Waals surface area contributed by atoms with Gasteiger partial charge in [0.2, 0.25) is 0 Å². The zero-order valence-electron chi connectivity index (χ0n) is 17.9. The Kier molecular flexibility index (Phi) is 39.0. The molecular weight excluding hydrogens is 450 g/mol. The molecule has 29 heavy (non-hydrogen) atoms. The third kappa shape index (κ3) is 34.9. The largest absolute Gasteiger partial charge is 0.319 e. The zero-order valence-corrected chi connectivity index (χ0v) is 20.0. The predicted molar refractivity (Wildman–Crippen MR) is 113 cm³/mol. The first kappa shape index (κ1) is 32.7. The fourth-order valence-electron chi connectivity index (χ4n) is 2.26. The molecule has 0 amide bonds. The van der Waals surface area contributed by atoms with Crippen molar-refractivity contribution in [3.63, 3.8) is 0 Å². The van der Waals surface area contributed by atoms with Gasteiger partial charge in [0.05, 0.1) is 0 Å². The van der Waals surface area contributed by atoms with Crippen molar-refractivity contribution in [2.45, 2.75) is 78.1 Å². The zero-order chi connectivity index (χ0) is 22.4. The number of rotatable bonds is 9. The van der Waals surface area contributed by atoms with Crippen molar-refractivity contribution in [1.29, 1.82) is 0 Å². The molecule has 0 aromatic heterocycles. The van der Waals surface area contributed by atoms with Crippen molar-refractivity contribution in [2.75, 3.05) is 0 Å². The van der Waals surface area contributed by atoms with Crippen molar-refractivity contribution in [3.8, 4) is 0 Å². The van der Waals surface area contributed by atoms with Crippen molar-refractivity contribution >= 4 is 0 Å². The maximum Gasteiger partial charge on any atom is -0.288 e. The predicted octanol–water partition coefficient (Wildman–Crippen LogP) is 7.58. The number of hydrogen-bond donors (Lipinski definition) is 0. The molecule has 0 unspecified atom stereocenters. The Morgan fingerprint density at radius 2 is 1.00 bits per heavy atom. The molecular formula is C25H36Co2O2-4. The first-order valence-corrected chi connectivity index (χ1v) is 11.0. The summed E-state index contributed by atoms with van der Waals surface area (Å²) in [6, 6.07) is 23.8. The minimum Gasteiger partial charge on any atom is -0.319 e. The molecule has 0 aliphatic heterocycles. The van der Waals surface area contributed by atoms with E-state index < -0.39 is 0 Å². The second kappa shape index (κ2) is 34.6. The Morgan fingerprint density at radius 1 is 0.655 bits per heavy atom. The molecule has 0 N–H and O–H groups in total. The van der Waals surface area contributed by atoms with E-state index in [1.54, 1.807) is 0 Å². The van der Waals surface area contributed by atoms with Crippen LogP contribution in [0.4, 0.5) is 0 Å². The fourth-order valence-corrected chi connectivity index (χ4v) is 2.26. The van der Waals surface area contributed by atoms with Gasteiger partial charge in [0.1, 0.15) is 0 Å². The molecule has 4 heteroatoms. The van der Waals surface area contributed by atoms with E-state index in [4.69, 9.17) is 7.73 Å². The molecule has 0 aliphatic rings. The van der Waals surface area contributed by atoms with Gasteiger partial charge in [0, 0.05) is 0 Å². The molecule has 0 spiro atoms. The standard InChI is InChI=1S/C12H25.C7H7.C6H4.2Co.2O/c1-3-5-7-9-11-12-10-8-6-4-2;1-7-5-3-2-4-6-7;1-2-4-6-5-3-1;;;;/h1,3-12H2,2H3;3-6H,1H3;1-2,5-6H;;;;/q2*-1;-2;;;;. The normalized spacial score (nSPS) is 8.45. The third-order valence-corrected chi connectivity index (χ3v) is 3.79. The van der Waals surface area contributed by atoms with Crippen molar-refractivity contribution in [2.24, 2.45) is 0 Å². The Morgan fingerprint density at radius 3 is 1.28 bits per heavy atom. The van der Waals surface area contributed by atoms with Crippen LogP contribution in [0, 0.1) is 32.0 Å². The van der Waals surface area contributed by atoms with E-state index in [1.807, 2.05) is 48.5 Å². The van der Waals surface area contributed by atoms with E-state index in [0.29, 0.717) is 0 Å². The first-order chi connectivity index (χ1) is 14.3. The van der Waals surface area contributed by atoms with Crippen LogP contribution in [0.5, 0.6) is 0 Å². The van der Waals surface area contributed by atoms with E-state index in [-0.39, 0.29) is 0 Å². The second-order valence-electron chi connectivity index (χ2n) is 6.26. The van der Waals surface area contributed by atoms with E-state index in [2.05, 4.69) is 70.3 Å². The summed E-state index contributed by atoms with van der Waals surface area (Å²) in [7, 11) is 0. The average molecular weight is 486 g/mol. The van der Waals surface area contributed by atoms with E-state index in [9.17, 15) is 0 Å². The van der Waals surface area contributed by atoms with E-state index in [0.717, 1.165) is 6.42 Å². The Hall–Kier alpha value is -0.947. The summed E-state index contributed by atoms with van der Waals surface area (Å²) < 4.78 is 15.9. The van der Waals surface area contributed by atoms with E-state index in [1.165, 1.54) is 63.4 Å². The summed E-state index contributed by atoms with van der Waals surface area (Å²) in [5, 5.41) is 0. The van der Waals surface area contributed by atoms with Gasteiger partial charge in [-0.15, -0.1) is 0 Å². The van der Waals surface area contributed by atoms with Crippen LogP contribution in [-0.2, 0) is 39.1 Å². The molecule has 0 atom stereocenters. The van der Waals surface area contributed by atoms with Gasteiger partial charge >= 0.3 is 39.1 Å². The van der Waals surface area contributed by atoms with Crippen LogP contribution < -0.4 is 0 Å². The molecule has 0 saturated carbocycles. The number of aryl methyl sites for hydroxylation is 1. The van der Waals surface area contributed by atoms with Gasteiger partial charge in [-0.3, -0.25) is 24.3 Å². The van der Waals surface area contributed by atoms with Gasteiger partial charge in [-0.05, 0) is 0 Å². The van der Waals surface area contributed by atoms with Crippen LogP contribution in [0.2, 0.25) is 0 Å².